The van der Waals surface area contributed by atoms with E-state index in [0.29, 0.717) is 5.90 Å². The number of aryl methyl sites for hydroxylation is 1. The number of carbonyl (C=O) groups is 1. The van der Waals surface area contributed by atoms with E-state index in [-0.39, 0.29) is 5.97 Å². The van der Waals surface area contributed by atoms with Gasteiger partial charge in [-0.3, -0.25) is 0 Å². The molecule has 1 heterocycles. The summed E-state index contributed by atoms with van der Waals surface area (Å²) in [7, 11) is 0. The number of aliphatic imine (C=N–C) groups is 1. The Hall–Kier alpha value is -1.90. The predicted octanol–water partition coefficient (Wildman–Crippen LogP) is 2.14. The molecule has 0 aromatic heterocycles. The molecule has 70 valence electrons. The molecular formula is C11H9NO2. The highest BCUT2D eigenvalue weighted by Crippen LogP contribution is 2.18. The van der Waals surface area contributed by atoms with Gasteiger partial charge >= 0.3 is 5.97 Å². The van der Waals surface area contributed by atoms with E-state index in [9.17, 15) is 4.79 Å². The van der Waals surface area contributed by atoms with Gasteiger partial charge in [-0.2, -0.15) is 0 Å². The van der Waals surface area contributed by atoms with Gasteiger partial charge in [0.2, 0.25) is 5.90 Å². The van der Waals surface area contributed by atoms with Crippen LogP contribution >= 0.6 is 0 Å². The number of hydrogen-bond donors (Lipinski definition) is 0. The van der Waals surface area contributed by atoms with Crippen molar-refractivity contribution in [2.75, 3.05) is 0 Å². The van der Waals surface area contributed by atoms with Crippen LogP contribution in [0.5, 0.6) is 0 Å². The Morgan fingerprint density at radius 1 is 1.21 bits per heavy atom. The SMILES string of the molecule is Cc1ccccc1N=C1C=CC(=O)O1. The number of nitrogens with zero attached hydrogens (tertiary/aromatic N) is 1. The molecule has 0 N–H and O–H groups in total. The third-order valence-electron chi connectivity index (χ3n) is 1.91. The lowest BCUT2D eigenvalue weighted by Crippen LogP contribution is -1.98. The zero-order valence-electron chi connectivity index (χ0n) is 7.73. The third kappa shape index (κ3) is 1.71. The maximum absolute atomic E-state index is 10.7. The number of benzene rings is 1. The van der Waals surface area contributed by atoms with Crippen molar-refractivity contribution in [1.82, 2.24) is 0 Å². The third-order valence-corrected chi connectivity index (χ3v) is 1.91. The minimum absolute atomic E-state index is 0.351. The zero-order valence-corrected chi connectivity index (χ0v) is 7.73. The number of carbonyl (C=O) groups excluding carboxylic acids is 1. The normalized spacial score (nSPS) is 17.5. The van der Waals surface area contributed by atoms with Gasteiger partial charge in [-0.15, -0.1) is 0 Å². The molecule has 3 heteroatoms. The molecule has 3 nitrogen and oxygen atoms in total. The van der Waals surface area contributed by atoms with Gasteiger partial charge in [-0.05, 0) is 18.6 Å². The lowest BCUT2D eigenvalue weighted by molar-refractivity contribution is -0.129. The molecule has 0 radical (unpaired) electrons. The lowest BCUT2D eigenvalue weighted by Gasteiger charge is -1.99. The van der Waals surface area contributed by atoms with Crippen molar-refractivity contribution >= 4 is 17.6 Å². The number of rotatable bonds is 1. The second kappa shape index (κ2) is 3.46. The molecule has 1 aliphatic rings. The first kappa shape index (κ1) is 8.69. The number of esters is 1. The highest BCUT2D eigenvalue weighted by Gasteiger charge is 2.10. The average molecular weight is 187 g/mol. The van der Waals surface area contributed by atoms with Gasteiger partial charge in [0, 0.05) is 12.2 Å². The highest BCUT2D eigenvalue weighted by atomic mass is 16.5. The van der Waals surface area contributed by atoms with Gasteiger partial charge in [0.1, 0.15) is 0 Å². The summed E-state index contributed by atoms with van der Waals surface area (Å²) in [6.07, 6.45) is 2.92. The molecule has 1 aliphatic heterocycles. The van der Waals surface area contributed by atoms with Crippen LogP contribution < -0.4 is 0 Å². The fourth-order valence-corrected chi connectivity index (χ4v) is 1.18. The van der Waals surface area contributed by atoms with Gasteiger partial charge in [0.25, 0.3) is 0 Å². The molecule has 0 fully saturated rings. The van der Waals surface area contributed by atoms with Crippen LogP contribution in [0.3, 0.4) is 0 Å². The van der Waals surface area contributed by atoms with E-state index in [1.807, 2.05) is 31.2 Å². The Morgan fingerprint density at radius 3 is 2.64 bits per heavy atom. The number of ether oxygens (including phenoxy) is 1. The summed E-state index contributed by atoms with van der Waals surface area (Å²) in [5.74, 6) is -0.0124. The lowest BCUT2D eigenvalue weighted by atomic mass is 10.2. The Balaban J connectivity index is 2.31. The predicted molar refractivity (Wildman–Crippen MR) is 53.5 cm³/mol. The van der Waals surface area contributed by atoms with Crippen LogP contribution in [-0.4, -0.2) is 11.9 Å². The van der Waals surface area contributed by atoms with Crippen molar-refractivity contribution in [1.29, 1.82) is 0 Å². The zero-order chi connectivity index (χ0) is 9.97. The summed E-state index contributed by atoms with van der Waals surface area (Å²) < 4.78 is 4.82. The van der Waals surface area contributed by atoms with Crippen molar-refractivity contribution in [3.63, 3.8) is 0 Å². The Kier molecular flexibility index (Phi) is 2.14. The summed E-state index contributed by atoms with van der Waals surface area (Å²) in [5.41, 5.74) is 1.87. The topological polar surface area (TPSA) is 38.7 Å². The average Bonchev–Trinajstić information content (AvgIpc) is 2.56. The van der Waals surface area contributed by atoms with Crippen molar-refractivity contribution in [2.45, 2.75) is 6.92 Å². The quantitative estimate of drug-likeness (QED) is 0.632. The van der Waals surface area contributed by atoms with Crippen LogP contribution in [-0.2, 0) is 9.53 Å². The highest BCUT2D eigenvalue weighted by molar-refractivity contribution is 6.08. The molecular weight excluding hydrogens is 178 g/mol. The van der Waals surface area contributed by atoms with Crippen molar-refractivity contribution in [2.24, 2.45) is 4.99 Å². The maximum atomic E-state index is 10.7. The van der Waals surface area contributed by atoms with E-state index >= 15 is 0 Å². The van der Waals surface area contributed by atoms with E-state index in [2.05, 4.69) is 4.99 Å². The van der Waals surface area contributed by atoms with E-state index in [1.54, 1.807) is 6.08 Å². The van der Waals surface area contributed by atoms with Crippen molar-refractivity contribution < 1.29 is 9.53 Å². The molecule has 0 spiro atoms. The molecule has 0 saturated carbocycles. The summed E-state index contributed by atoms with van der Waals surface area (Å²) in [4.78, 5) is 14.9. The van der Waals surface area contributed by atoms with E-state index in [0.717, 1.165) is 11.3 Å². The minimum Gasteiger partial charge on any atom is -0.404 e. The molecule has 1 aromatic carbocycles. The van der Waals surface area contributed by atoms with Gasteiger partial charge < -0.3 is 4.74 Å². The number of para-hydroxylation sites is 1. The standard InChI is InChI=1S/C11H9NO2/c1-8-4-2-3-5-9(8)12-10-6-7-11(13)14-10/h2-7H,1H3. The van der Waals surface area contributed by atoms with Crippen molar-refractivity contribution in [3.05, 3.63) is 42.0 Å². The van der Waals surface area contributed by atoms with Crippen LogP contribution in [0.1, 0.15) is 5.56 Å². The summed E-state index contributed by atoms with van der Waals surface area (Å²) in [6.45, 7) is 1.96. The van der Waals surface area contributed by atoms with Crippen LogP contribution in [0.2, 0.25) is 0 Å². The molecule has 14 heavy (non-hydrogen) atoms. The molecule has 0 aliphatic carbocycles. The first-order chi connectivity index (χ1) is 6.75. The molecule has 0 atom stereocenters. The summed E-state index contributed by atoms with van der Waals surface area (Å²) in [6, 6.07) is 7.67. The van der Waals surface area contributed by atoms with Crippen LogP contribution in [0.15, 0.2) is 41.4 Å². The van der Waals surface area contributed by atoms with Gasteiger partial charge in [0.15, 0.2) is 0 Å². The van der Waals surface area contributed by atoms with Crippen LogP contribution in [0, 0.1) is 6.92 Å². The Bertz CT molecular complexity index is 433. The van der Waals surface area contributed by atoms with E-state index < -0.39 is 0 Å². The largest absolute Gasteiger partial charge is 0.404 e. The second-order valence-corrected chi connectivity index (χ2v) is 2.99. The van der Waals surface area contributed by atoms with Gasteiger partial charge in [-0.25, -0.2) is 9.79 Å². The molecule has 0 unspecified atom stereocenters. The first-order valence-corrected chi connectivity index (χ1v) is 4.30. The van der Waals surface area contributed by atoms with Crippen LogP contribution in [0.25, 0.3) is 0 Å². The smallest absolute Gasteiger partial charge is 0.337 e. The van der Waals surface area contributed by atoms with Gasteiger partial charge in [-0.1, -0.05) is 18.2 Å². The van der Waals surface area contributed by atoms with Gasteiger partial charge in [0.05, 0.1) is 5.69 Å². The molecule has 0 saturated heterocycles. The van der Waals surface area contributed by atoms with E-state index in [1.165, 1.54) is 6.08 Å². The van der Waals surface area contributed by atoms with Crippen LogP contribution in [0.4, 0.5) is 5.69 Å². The summed E-state index contributed by atoms with van der Waals surface area (Å²) in [5, 5.41) is 0. The monoisotopic (exact) mass is 187 g/mol. The summed E-state index contributed by atoms with van der Waals surface area (Å²) >= 11 is 0. The minimum atomic E-state index is -0.364. The Labute approximate surface area is 81.7 Å². The molecule has 0 amide bonds. The maximum Gasteiger partial charge on any atom is 0.337 e. The molecule has 2 rings (SSSR count). The number of cyclic esters (lactones) is 1. The van der Waals surface area contributed by atoms with E-state index in [4.69, 9.17) is 4.74 Å². The van der Waals surface area contributed by atoms with Crippen molar-refractivity contribution in [3.8, 4) is 0 Å². The fraction of sp³-hybridized carbons (Fsp3) is 0.0909. The first-order valence-electron chi connectivity index (χ1n) is 4.30. The molecule has 1 aromatic rings. The fourth-order valence-electron chi connectivity index (χ4n) is 1.18. The second-order valence-electron chi connectivity index (χ2n) is 2.99. The Morgan fingerprint density at radius 2 is 2.00 bits per heavy atom. The molecule has 0 bridgehead atoms. The number of hydrogen-bond acceptors (Lipinski definition) is 3.